The number of aromatic carboxylic acids is 1. The van der Waals surface area contributed by atoms with Crippen LogP contribution in [0.1, 0.15) is 22.8 Å². The minimum Gasteiger partial charge on any atom is -0.478 e. The molecule has 0 atom stereocenters. The van der Waals surface area contributed by atoms with Gasteiger partial charge in [-0.2, -0.15) is 0 Å². The lowest BCUT2D eigenvalue weighted by Crippen LogP contribution is -2.31. The third-order valence-electron chi connectivity index (χ3n) is 2.24. The Kier molecular flexibility index (Phi) is 4.42. The summed E-state index contributed by atoms with van der Waals surface area (Å²) in [5.74, 6) is -1.67. The van der Waals surface area contributed by atoms with E-state index in [9.17, 15) is 14.4 Å². The summed E-state index contributed by atoms with van der Waals surface area (Å²) in [6.07, 6.45) is 0. The molecule has 2 amide bonds. The molecule has 3 N–H and O–H groups in total. The number of carbonyl (C=O) groups is 3. The van der Waals surface area contributed by atoms with Crippen LogP contribution in [0.4, 0.5) is 5.69 Å². The lowest BCUT2D eigenvalue weighted by Gasteiger charge is -2.08. The molecule has 96 valence electrons. The van der Waals surface area contributed by atoms with Gasteiger partial charge >= 0.3 is 5.97 Å². The number of carboxylic acids is 1. The first-order valence-corrected chi connectivity index (χ1v) is 5.28. The highest BCUT2D eigenvalue weighted by molar-refractivity contribution is 5.95. The van der Waals surface area contributed by atoms with Crippen LogP contribution in [0.3, 0.4) is 0 Å². The third kappa shape index (κ3) is 3.89. The maximum Gasteiger partial charge on any atom is 0.335 e. The molecule has 0 spiro atoms. The van der Waals surface area contributed by atoms with Crippen molar-refractivity contribution in [3.05, 3.63) is 29.3 Å². The number of hydrogen-bond donors (Lipinski definition) is 3. The summed E-state index contributed by atoms with van der Waals surface area (Å²) in [5, 5.41) is 13.8. The molecule has 0 unspecified atom stereocenters. The summed E-state index contributed by atoms with van der Waals surface area (Å²) in [6.45, 7) is 2.85. The van der Waals surface area contributed by atoms with E-state index in [0.717, 1.165) is 0 Å². The van der Waals surface area contributed by atoms with Gasteiger partial charge in [0.25, 0.3) is 0 Å². The average Bonchev–Trinajstić information content (AvgIpc) is 2.26. The molecular formula is C12H14N2O4. The summed E-state index contributed by atoms with van der Waals surface area (Å²) < 4.78 is 0. The van der Waals surface area contributed by atoms with Gasteiger partial charge in [0.15, 0.2) is 0 Å². The Morgan fingerprint density at radius 3 is 2.44 bits per heavy atom. The Balaban J connectivity index is 2.69. The van der Waals surface area contributed by atoms with Crippen LogP contribution in [-0.4, -0.2) is 29.4 Å². The van der Waals surface area contributed by atoms with Gasteiger partial charge in [0.2, 0.25) is 11.8 Å². The Hall–Kier alpha value is -2.37. The summed E-state index contributed by atoms with van der Waals surface area (Å²) in [4.78, 5) is 32.8. The summed E-state index contributed by atoms with van der Waals surface area (Å²) in [6, 6.07) is 4.49. The lowest BCUT2D eigenvalue weighted by atomic mass is 10.1. The van der Waals surface area contributed by atoms with E-state index in [1.165, 1.54) is 19.1 Å². The zero-order valence-electron chi connectivity index (χ0n) is 10.1. The fourth-order valence-electron chi connectivity index (χ4n) is 1.39. The number of benzene rings is 1. The normalized spacial score (nSPS) is 9.67. The van der Waals surface area contributed by atoms with E-state index in [1.54, 1.807) is 13.0 Å². The summed E-state index contributed by atoms with van der Waals surface area (Å²) >= 11 is 0. The molecule has 6 nitrogen and oxygen atoms in total. The first-order chi connectivity index (χ1) is 8.40. The second-order valence-electron chi connectivity index (χ2n) is 3.79. The SMILES string of the molecule is CC(=O)NCC(=O)Nc1ccc(C(=O)O)c(C)c1. The Morgan fingerprint density at radius 2 is 1.94 bits per heavy atom. The fourth-order valence-corrected chi connectivity index (χ4v) is 1.39. The molecule has 0 radical (unpaired) electrons. The highest BCUT2D eigenvalue weighted by Gasteiger charge is 2.08. The average molecular weight is 250 g/mol. The van der Waals surface area contributed by atoms with Crippen molar-refractivity contribution in [3.8, 4) is 0 Å². The maximum absolute atomic E-state index is 11.4. The summed E-state index contributed by atoms with van der Waals surface area (Å²) in [7, 11) is 0. The number of anilines is 1. The van der Waals surface area contributed by atoms with Crippen molar-refractivity contribution in [2.24, 2.45) is 0 Å². The van der Waals surface area contributed by atoms with E-state index in [0.29, 0.717) is 11.3 Å². The van der Waals surface area contributed by atoms with E-state index in [1.807, 2.05) is 0 Å². The summed E-state index contributed by atoms with van der Waals surface area (Å²) in [5.41, 5.74) is 1.24. The number of amides is 2. The predicted octanol–water partition coefficient (Wildman–Crippen LogP) is 0.768. The van der Waals surface area contributed by atoms with E-state index >= 15 is 0 Å². The van der Waals surface area contributed by atoms with Gasteiger partial charge in [-0.1, -0.05) is 0 Å². The van der Waals surface area contributed by atoms with E-state index in [2.05, 4.69) is 10.6 Å². The first-order valence-electron chi connectivity index (χ1n) is 5.28. The predicted molar refractivity (Wildman–Crippen MR) is 65.5 cm³/mol. The van der Waals surface area contributed by atoms with Gasteiger partial charge in [-0.3, -0.25) is 9.59 Å². The number of carboxylic acid groups (broad SMARTS) is 1. The van der Waals surface area contributed by atoms with Crippen molar-refractivity contribution in [1.29, 1.82) is 0 Å². The topological polar surface area (TPSA) is 95.5 Å². The molecule has 1 aromatic rings. The van der Waals surface area contributed by atoms with Crippen molar-refractivity contribution in [3.63, 3.8) is 0 Å². The molecule has 0 aromatic heterocycles. The molecular weight excluding hydrogens is 236 g/mol. The number of aryl methyl sites for hydroxylation is 1. The van der Waals surface area contributed by atoms with Crippen LogP contribution in [0, 0.1) is 6.92 Å². The first kappa shape index (κ1) is 13.7. The minimum absolute atomic E-state index is 0.116. The molecule has 0 saturated heterocycles. The molecule has 1 rings (SSSR count). The Bertz CT molecular complexity index is 497. The molecule has 0 aliphatic carbocycles. The smallest absolute Gasteiger partial charge is 0.335 e. The maximum atomic E-state index is 11.4. The van der Waals surface area contributed by atoms with Gasteiger partial charge in [-0.05, 0) is 30.7 Å². The molecule has 1 aromatic carbocycles. The number of hydrogen-bond acceptors (Lipinski definition) is 3. The van der Waals surface area contributed by atoms with E-state index in [4.69, 9.17) is 5.11 Å². The highest BCUT2D eigenvalue weighted by atomic mass is 16.4. The van der Waals surface area contributed by atoms with Crippen LogP contribution in [0.5, 0.6) is 0 Å². The molecule has 6 heteroatoms. The second-order valence-corrected chi connectivity index (χ2v) is 3.79. The second kappa shape index (κ2) is 5.81. The monoisotopic (exact) mass is 250 g/mol. The highest BCUT2D eigenvalue weighted by Crippen LogP contribution is 2.14. The lowest BCUT2D eigenvalue weighted by molar-refractivity contribution is -0.122. The van der Waals surface area contributed by atoms with Crippen LogP contribution in [0.2, 0.25) is 0 Å². The van der Waals surface area contributed by atoms with E-state index in [-0.39, 0.29) is 23.9 Å². The number of rotatable bonds is 4. The van der Waals surface area contributed by atoms with Crippen LogP contribution in [0.15, 0.2) is 18.2 Å². The molecule has 0 heterocycles. The van der Waals surface area contributed by atoms with Crippen molar-refractivity contribution in [2.45, 2.75) is 13.8 Å². The number of carbonyl (C=O) groups excluding carboxylic acids is 2. The minimum atomic E-state index is -1.01. The van der Waals surface area contributed by atoms with Gasteiger partial charge in [0, 0.05) is 12.6 Å². The van der Waals surface area contributed by atoms with Crippen LogP contribution in [0.25, 0.3) is 0 Å². The fraction of sp³-hybridized carbons (Fsp3) is 0.250. The zero-order valence-corrected chi connectivity index (χ0v) is 10.1. The molecule has 18 heavy (non-hydrogen) atoms. The van der Waals surface area contributed by atoms with Crippen molar-refractivity contribution in [2.75, 3.05) is 11.9 Å². The Labute approximate surface area is 104 Å². The van der Waals surface area contributed by atoms with Crippen LogP contribution in [-0.2, 0) is 9.59 Å². The molecule has 0 saturated carbocycles. The molecule has 0 aliphatic heterocycles. The van der Waals surface area contributed by atoms with Crippen LogP contribution >= 0.6 is 0 Å². The standard InChI is InChI=1S/C12H14N2O4/c1-7-5-9(3-4-10(7)12(17)18)14-11(16)6-13-8(2)15/h3-5H,6H2,1-2H3,(H,13,15)(H,14,16)(H,17,18). The third-order valence-corrected chi connectivity index (χ3v) is 2.24. The van der Waals surface area contributed by atoms with Gasteiger partial charge in [-0.15, -0.1) is 0 Å². The molecule has 0 fully saturated rings. The van der Waals surface area contributed by atoms with Crippen molar-refractivity contribution >= 4 is 23.5 Å². The largest absolute Gasteiger partial charge is 0.478 e. The van der Waals surface area contributed by atoms with Crippen LogP contribution < -0.4 is 10.6 Å². The van der Waals surface area contributed by atoms with Gasteiger partial charge < -0.3 is 15.7 Å². The van der Waals surface area contributed by atoms with Crippen molar-refractivity contribution in [1.82, 2.24) is 5.32 Å². The molecule has 0 bridgehead atoms. The molecule has 0 aliphatic rings. The van der Waals surface area contributed by atoms with Crippen molar-refractivity contribution < 1.29 is 19.5 Å². The van der Waals surface area contributed by atoms with Gasteiger partial charge in [-0.25, -0.2) is 4.79 Å². The van der Waals surface area contributed by atoms with Gasteiger partial charge in [0.1, 0.15) is 0 Å². The number of nitrogens with one attached hydrogen (secondary N) is 2. The van der Waals surface area contributed by atoms with E-state index < -0.39 is 5.97 Å². The quantitative estimate of drug-likeness (QED) is 0.735. The van der Waals surface area contributed by atoms with Gasteiger partial charge in [0.05, 0.1) is 12.1 Å². The zero-order chi connectivity index (χ0) is 13.7. The Morgan fingerprint density at radius 1 is 1.28 bits per heavy atom.